The van der Waals surface area contributed by atoms with Crippen molar-refractivity contribution in [1.82, 2.24) is 15.2 Å². The van der Waals surface area contributed by atoms with E-state index in [1.165, 1.54) is 43.6 Å². The number of pyridine rings is 1. The number of H-pyrrole nitrogens is 1. The second-order valence-electron chi connectivity index (χ2n) is 6.57. The number of aromatic nitrogens is 3. The zero-order chi connectivity index (χ0) is 22.4. The number of sulfone groups is 1. The third-order valence-electron chi connectivity index (χ3n) is 4.13. The lowest BCUT2D eigenvalue weighted by molar-refractivity contribution is 0.102. The largest absolute Gasteiger partial charge is 0.488 e. The highest BCUT2D eigenvalue weighted by Gasteiger charge is 2.15. The standard InChI is InChI=1S/C20H22N4O6S/c1-3-31(27,28)19-5-4-15(11-21-19)30-17-9-14(8-16(10-17)29-13(2)12-25)20(26)23-18-6-7-22-24-18/h4-11,13,25H,3,12H2,1-2H3,(H2,22,23,24,26)/t13-/m0/s1. The molecule has 11 heteroatoms. The van der Waals surface area contributed by atoms with Gasteiger partial charge in [-0.15, -0.1) is 0 Å². The quantitative estimate of drug-likeness (QED) is 0.455. The van der Waals surface area contributed by atoms with Crippen LogP contribution < -0.4 is 14.8 Å². The van der Waals surface area contributed by atoms with Crippen molar-refractivity contribution in [1.29, 1.82) is 0 Å². The van der Waals surface area contributed by atoms with Crippen LogP contribution in [0.15, 0.2) is 53.8 Å². The number of aliphatic hydroxyl groups excluding tert-OH is 1. The van der Waals surface area contributed by atoms with Crippen LogP contribution in [-0.4, -0.2) is 53.1 Å². The molecule has 10 nitrogen and oxygen atoms in total. The summed E-state index contributed by atoms with van der Waals surface area (Å²) in [7, 11) is -3.43. The van der Waals surface area contributed by atoms with Gasteiger partial charge in [-0.25, -0.2) is 13.4 Å². The van der Waals surface area contributed by atoms with Crippen molar-refractivity contribution in [2.75, 3.05) is 17.7 Å². The van der Waals surface area contributed by atoms with Crippen LogP contribution in [0.5, 0.6) is 17.2 Å². The lowest BCUT2D eigenvalue weighted by atomic mass is 10.2. The number of carbonyl (C=O) groups excluding carboxylic acids is 1. The van der Waals surface area contributed by atoms with Gasteiger partial charge in [-0.2, -0.15) is 5.10 Å². The Morgan fingerprint density at radius 3 is 2.58 bits per heavy atom. The van der Waals surface area contributed by atoms with Gasteiger partial charge in [0, 0.05) is 17.7 Å². The van der Waals surface area contributed by atoms with Gasteiger partial charge in [-0.3, -0.25) is 9.89 Å². The van der Waals surface area contributed by atoms with E-state index in [-0.39, 0.29) is 34.4 Å². The van der Waals surface area contributed by atoms with Crippen molar-refractivity contribution in [3.8, 4) is 17.2 Å². The Morgan fingerprint density at radius 2 is 1.97 bits per heavy atom. The van der Waals surface area contributed by atoms with E-state index in [2.05, 4.69) is 20.5 Å². The normalized spacial score (nSPS) is 12.2. The van der Waals surface area contributed by atoms with Gasteiger partial charge < -0.3 is 19.9 Å². The third-order valence-corrected chi connectivity index (χ3v) is 5.77. The number of hydrogen-bond donors (Lipinski definition) is 3. The van der Waals surface area contributed by atoms with Crippen LogP contribution in [0.4, 0.5) is 5.82 Å². The third kappa shape index (κ3) is 5.80. The molecule has 1 amide bonds. The Bertz CT molecular complexity index is 1130. The van der Waals surface area contributed by atoms with E-state index in [1.54, 1.807) is 19.1 Å². The first-order valence-electron chi connectivity index (χ1n) is 9.40. The number of carbonyl (C=O) groups is 1. The van der Waals surface area contributed by atoms with Crippen molar-refractivity contribution in [2.45, 2.75) is 25.0 Å². The number of benzene rings is 1. The molecule has 2 heterocycles. The molecule has 0 fully saturated rings. The summed E-state index contributed by atoms with van der Waals surface area (Å²) in [5.74, 6) is 0.787. The topological polar surface area (TPSA) is 144 Å². The molecular weight excluding hydrogens is 424 g/mol. The fourth-order valence-electron chi connectivity index (χ4n) is 2.51. The highest BCUT2D eigenvalue weighted by molar-refractivity contribution is 7.91. The number of aliphatic hydroxyl groups is 1. The van der Waals surface area contributed by atoms with E-state index in [0.29, 0.717) is 11.6 Å². The summed E-state index contributed by atoms with van der Waals surface area (Å²) < 4.78 is 35.2. The van der Waals surface area contributed by atoms with E-state index >= 15 is 0 Å². The molecule has 0 aliphatic rings. The second-order valence-corrected chi connectivity index (χ2v) is 8.79. The summed E-state index contributed by atoms with van der Waals surface area (Å²) in [6.07, 6.45) is 2.29. The molecule has 0 saturated heterocycles. The Morgan fingerprint density at radius 1 is 1.19 bits per heavy atom. The molecule has 0 aliphatic heterocycles. The van der Waals surface area contributed by atoms with Gasteiger partial charge >= 0.3 is 0 Å². The van der Waals surface area contributed by atoms with Crippen molar-refractivity contribution < 1.29 is 27.8 Å². The summed E-state index contributed by atoms with van der Waals surface area (Å²) in [6, 6.07) is 8.99. The van der Waals surface area contributed by atoms with Crippen molar-refractivity contribution in [2.24, 2.45) is 0 Å². The molecule has 0 saturated carbocycles. The molecule has 3 aromatic rings. The number of anilines is 1. The fourth-order valence-corrected chi connectivity index (χ4v) is 3.30. The van der Waals surface area contributed by atoms with Gasteiger partial charge in [-0.1, -0.05) is 6.92 Å². The smallest absolute Gasteiger partial charge is 0.257 e. The summed E-state index contributed by atoms with van der Waals surface area (Å²) in [6.45, 7) is 3.00. The van der Waals surface area contributed by atoms with Crippen molar-refractivity contribution in [3.05, 3.63) is 54.4 Å². The average Bonchev–Trinajstić information content (AvgIpc) is 3.27. The maximum Gasteiger partial charge on any atom is 0.257 e. The summed E-state index contributed by atoms with van der Waals surface area (Å²) in [5.41, 5.74) is 0.241. The SMILES string of the molecule is CCS(=O)(=O)c1ccc(Oc2cc(O[C@@H](C)CO)cc(C(=O)Nc3ccn[nH]3)c2)cn1. The van der Waals surface area contributed by atoms with Gasteiger partial charge in [0.25, 0.3) is 5.91 Å². The minimum absolute atomic E-state index is 0.0455. The Hall–Kier alpha value is -3.44. The molecule has 0 unspecified atom stereocenters. The molecule has 31 heavy (non-hydrogen) atoms. The molecule has 0 radical (unpaired) electrons. The Kier molecular flexibility index (Phi) is 6.88. The second kappa shape index (κ2) is 9.58. The number of amides is 1. The molecule has 2 aromatic heterocycles. The molecule has 0 spiro atoms. The van der Waals surface area contributed by atoms with Gasteiger partial charge in [-0.05, 0) is 31.2 Å². The maximum atomic E-state index is 12.6. The van der Waals surface area contributed by atoms with Crippen LogP contribution in [0, 0.1) is 0 Å². The molecule has 0 aliphatic carbocycles. The van der Waals surface area contributed by atoms with Gasteiger partial charge in [0.1, 0.15) is 29.2 Å². The maximum absolute atomic E-state index is 12.6. The van der Waals surface area contributed by atoms with E-state index in [9.17, 15) is 18.3 Å². The fraction of sp³-hybridized carbons (Fsp3) is 0.250. The molecule has 3 N–H and O–H groups in total. The minimum atomic E-state index is -3.43. The van der Waals surface area contributed by atoms with Crippen LogP contribution in [0.25, 0.3) is 0 Å². The summed E-state index contributed by atoms with van der Waals surface area (Å²) in [5, 5.41) is 18.3. The molecule has 164 valence electrons. The first-order chi connectivity index (χ1) is 14.8. The van der Waals surface area contributed by atoms with E-state index in [1.807, 2.05) is 0 Å². The number of aromatic amines is 1. The van der Waals surface area contributed by atoms with E-state index < -0.39 is 21.8 Å². The van der Waals surface area contributed by atoms with Crippen LogP contribution in [0.2, 0.25) is 0 Å². The zero-order valence-electron chi connectivity index (χ0n) is 16.9. The van der Waals surface area contributed by atoms with Crippen LogP contribution in [0.3, 0.4) is 0 Å². The Labute approximate surface area is 179 Å². The predicted octanol–water partition coefficient (Wildman–Crippen LogP) is 2.40. The van der Waals surface area contributed by atoms with Crippen molar-refractivity contribution in [3.63, 3.8) is 0 Å². The van der Waals surface area contributed by atoms with Gasteiger partial charge in [0.15, 0.2) is 14.9 Å². The number of ether oxygens (including phenoxy) is 2. The average molecular weight is 446 g/mol. The first kappa shape index (κ1) is 22.2. The number of hydrogen-bond acceptors (Lipinski definition) is 8. The predicted molar refractivity (Wildman–Crippen MR) is 112 cm³/mol. The lowest BCUT2D eigenvalue weighted by Gasteiger charge is -2.15. The number of nitrogens with zero attached hydrogens (tertiary/aromatic N) is 2. The van der Waals surface area contributed by atoms with Crippen molar-refractivity contribution >= 4 is 21.6 Å². The molecule has 1 aromatic carbocycles. The molecule has 1 atom stereocenters. The van der Waals surface area contributed by atoms with Gasteiger partial charge in [0.2, 0.25) is 0 Å². The molecule has 3 rings (SSSR count). The monoisotopic (exact) mass is 446 g/mol. The highest BCUT2D eigenvalue weighted by atomic mass is 32.2. The summed E-state index contributed by atoms with van der Waals surface area (Å²) in [4.78, 5) is 16.6. The Balaban J connectivity index is 1.87. The minimum Gasteiger partial charge on any atom is -0.488 e. The van der Waals surface area contributed by atoms with Crippen LogP contribution >= 0.6 is 0 Å². The zero-order valence-corrected chi connectivity index (χ0v) is 17.7. The molecule has 0 bridgehead atoms. The number of nitrogens with one attached hydrogen (secondary N) is 2. The van der Waals surface area contributed by atoms with Crippen LogP contribution in [-0.2, 0) is 9.84 Å². The highest BCUT2D eigenvalue weighted by Crippen LogP contribution is 2.29. The van der Waals surface area contributed by atoms with Crippen LogP contribution in [0.1, 0.15) is 24.2 Å². The number of rotatable bonds is 9. The summed E-state index contributed by atoms with van der Waals surface area (Å²) >= 11 is 0. The lowest BCUT2D eigenvalue weighted by Crippen LogP contribution is -2.17. The first-order valence-corrected chi connectivity index (χ1v) is 11.1. The van der Waals surface area contributed by atoms with E-state index in [0.717, 1.165) is 0 Å². The molecular formula is C20H22N4O6S. The van der Waals surface area contributed by atoms with Gasteiger partial charge in [0.05, 0.1) is 24.8 Å². The van der Waals surface area contributed by atoms with E-state index in [4.69, 9.17) is 9.47 Å².